The van der Waals surface area contributed by atoms with Crippen LogP contribution in [0.15, 0.2) is 36.4 Å². The average Bonchev–Trinajstić information content (AvgIpc) is 2.60. The van der Waals surface area contributed by atoms with Gasteiger partial charge in [-0.05, 0) is 23.8 Å². The van der Waals surface area contributed by atoms with E-state index in [1.807, 2.05) is 0 Å². The van der Waals surface area contributed by atoms with Crippen LogP contribution in [-0.2, 0) is 16.0 Å². The van der Waals surface area contributed by atoms with Gasteiger partial charge in [0.2, 0.25) is 5.91 Å². The Balaban J connectivity index is 1.66. The lowest BCUT2D eigenvalue weighted by Crippen LogP contribution is -2.37. The molecule has 0 aromatic heterocycles. The summed E-state index contributed by atoms with van der Waals surface area (Å²) in [4.78, 5) is 23.5. The van der Waals surface area contributed by atoms with Crippen molar-refractivity contribution in [2.45, 2.75) is 6.42 Å². The third kappa shape index (κ3) is 7.25. The number of hydrogen-bond donors (Lipinski definition) is 2. The quantitative estimate of drug-likeness (QED) is 0.493. The number of rotatable bonds is 8. The molecule has 0 aliphatic heterocycles. The van der Waals surface area contributed by atoms with Crippen LogP contribution in [0.5, 0.6) is 5.75 Å². The Hall–Kier alpha value is -2.02. The summed E-state index contributed by atoms with van der Waals surface area (Å²) >= 11 is 17.6. The maximum atomic E-state index is 13.1. The van der Waals surface area contributed by atoms with Gasteiger partial charge in [-0.2, -0.15) is 0 Å². The molecule has 2 aromatic rings. The van der Waals surface area contributed by atoms with Crippen LogP contribution in [0.2, 0.25) is 15.1 Å². The maximum absolute atomic E-state index is 13.1. The minimum Gasteiger partial charge on any atom is -0.482 e. The van der Waals surface area contributed by atoms with Crippen molar-refractivity contribution >= 4 is 46.6 Å². The molecule has 0 bridgehead atoms. The van der Waals surface area contributed by atoms with E-state index in [1.165, 1.54) is 30.3 Å². The number of carbonyl (C=O) groups is 2. The molecule has 0 aliphatic carbocycles. The van der Waals surface area contributed by atoms with Crippen molar-refractivity contribution in [1.29, 1.82) is 0 Å². The number of nitrogens with one attached hydrogen (secondary N) is 2. The minimum absolute atomic E-state index is 0.0602. The van der Waals surface area contributed by atoms with Crippen LogP contribution in [0.25, 0.3) is 0 Å². The van der Waals surface area contributed by atoms with Gasteiger partial charge in [0.25, 0.3) is 5.91 Å². The zero-order valence-electron chi connectivity index (χ0n) is 14.0. The Morgan fingerprint density at radius 1 is 0.926 bits per heavy atom. The van der Waals surface area contributed by atoms with Crippen LogP contribution in [0.4, 0.5) is 4.39 Å². The molecule has 0 radical (unpaired) electrons. The zero-order chi connectivity index (χ0) is 19.8. The van der Waals surface area contributed by atoms with E-state index in [0.29, 0.717) is 5.56 Å². The summed E-state index contributed by atoms with van der Waals surface area (Å²) in [6.45, 7) is 0.175. The number of halogens is 4. The Morgan fingerprint density at radius 2 is 1.59 bits per heavy atom. The lowest BCUT2D eigenvalue weighted by atomic mass is 10.1. The number of hydrogen-bond acceptors (Lipinski definition) is 3. The second-order valence-corrected chi connectivity index (χ2v) is 6.71. The molecule has 2 amide bonds. The summed E-state index contributed by atoms with van der Waals surface area (Å²) in [5.74, 6) is -0.815. The molecule has 27 heavy (non-hydrogen) atoms. The van der Waals surface area contributed by atoms with E-state index in [2.05, 4.69) is 10.6 Å². The fraction of sp³-hybridized carbons (Fsp3) is 0.222. The van der Waals surface area contributed by atoms with Crippen molar-refractivity contribution in [1.82, 2.24) is 10.6 Å². The molecule has 0 saturated heterocycles. The fourth-order valence-electron chi connectivity index (χ4n) is 2.11. The first-order valence-corrected chi connectivity index (χ1v) is 9.03. The van der Waals surface area contributed by atoms with Gasteiger partial charge in [0.1, 0.15) is 11.6 Å². The summed E-state index contributed by atoms with van der Waals surface area (Å²) in [5, 5.41) is 6.00. The topological polar surface area (TPSA) is 67.4 Å². The third-order valence-corrected chi connectivity index (χ3v) is 4.37. The summed E-state index contributed by atoms with van der Waals surface area (Å²) in [6, 6.07) is 8.66. The summed E-state index contributed by atoms with van der Waals surface area (Å²) < 4.78 is 18.4. The van der Waals surface area contributed by atoms with E-state index in [9.17, 15) is 14.0 Å². The van der Waals surface area contributed by atoms with E-state index >= 15 is 0 Å². The second kappa shape index (κ2) is 10.3. The van der Waals surface area contributed by atoms with Gasteiger partial charge in [0.15, 0.2) is 6.61 Å². The molecule has 0 fully saturated rings. The van der Waals surface area contributed by atoms with Gasteiger partial charge in [0, 0.05) is 19.2 Å². The minimum atomic E-state index is -0.394. The van der Waals surface area contributed by atoms with Gasteiger partial charge in [0.05, 0.1) is 21.5 Å². The fourth-order valence-corrected chi connectivity index (χ4v) is 2.70. The van der Waals surface area contributed by atoms with E-state index in [-0.39, 0.29) is 52.8 Å². The molecule has 0 atom stereocenters. The second-order valence-electron chi connectivity index (χ2n) is 5.49. The maximum Gasteiger partial charge on any atom is 0.258 e. The van der Waals surface area contributed by atoms with Crippen LogP contribution < -0.4 is 15.4 Å². The van der Waals surface area contributed by atoms with Crippen molar-refractivity contribution in [3.63, 3.8) is 0 Å². The molecular formula is C18H16Cl3FN2O3. The largest absolute Gasteiger partial charge is 0.482 e. The highest BCUT2D eigenvalue weighted by atomic mass is 35.5. The zero-order valence-corrected chi connectivity index (χ0v) is 16.3. The molecule has 2 rings (SSSR count). The van der Waals surface area contributed by atoms with E-state index in [4.69, 9.17) is 39.5 Å². The van der Waals surface area contributed by atoms with Crippen LogP contribution in [0, 0.1) is 5.82 Å². The molecule has 2 aromatic carbocycles. The van der Waals surface area contributed by atoms with Gasteiger partial charge >= 0.3 is 0 Å². The highest BCUT2D eigenvalue weighted by Crippen LogP contribution is 2.33. The Bertz CT molecular complexity index is 833. The highest BCUT2D eigenvalue weighted by molar-refractivity contribution is 6.43. The molecule has 0 spiro atoms. The Morgan fingerprint density at radius 3 is 2.30 bits per heavy atom. The van der Waals surface area contributed by atoms with Crippen LogP contribution in [-0.4, -0.2) is 31.5 Å². The first-order valence-electron chi connectivity index (χ1n) is 7.90. The lowest BCUT2D eigenvalue weighted by molar-refractivity contribution is -0.124. The van der Waals surface area contributed by atoms with E-state index in [0.717, 1.165) is 0 Å². The Kier molecular flexibility index (Phi) is 8.16. The van der Waals surface area contributed by atoms with Crippen LogP contribution in [0.3, 0.4) is 0 Å². The molecule has 0 unspecified atom stereocenters. The summed E-state index contributed by atoms with van der Waals surface area (Å²) in [6.07, 6.45) is 0.0602. The molecule has 0 heterocycles. The number of carbonyl (C=O) groups excluding carboxylic acids is 2. The number of benzene rings is 2. The van der Waals surface area contributed by atoms with Gasteiger partial charge < -0.3 is 15.4 Å². The van der Waals surface area contributed by atoms with Gasteiger partial charge in [-0.15, -0.1) is 0 Å². The van der Waals surface area contributed by atoms with Crippen molar-refractivity contribution in [2.24, 2.45) is 0 Å². The third-order valence-electron chi connectivity index (χ3n) is 3.36. The van der Waals surface area contributed by atoms with Crippen LogP contribution in [0.1, 0.15) is 5.56 Å². The van der Waals surface area contributed by atoms with Crippen molar-refractivity contribution < 1.29 is 18.7 Å². The average molecular weight is 434 g/mol. The van der Waals surface area contributed by atoms with Gasteiger partial charge in [-0.25, -0.2) is 4.39 Å². The molecule has 5 nitrogen and oxygen atoms in total. The smallest absolute Gasteiger partial charge is 0.258 e. The monoisotopic (exact) mass is 432 g/mol. The first kappa shape index (κ1) is 21.3. The molecule has 144 valence electrons. The number of ether oxygens (including phenoxy) is 1. The molecule has 9 heteroatoms. The number of amides is 2. The molecule has 0 saturated carbocycles. The predicted octanol–water partition coefficient (Wildman–Crippen LogP) is 3.64. The van der Waals surface area contributed by atoms with Gasteiger partial charge in [-0.3, -0.25) is 9.59 Å². The predicted molar refractivity (Wildman–Crippen MR) is 103 cm³/mol. The Labute approximate surface area is 170 Å². The summed E-state index contributed by atoms with van der Waals surface area (Å²) in [5.41, 5.74) is 0.573. The highest BCUT2D eigenvalue weighted by Gasteiger charge is 2.10. The van der Waals surface area contributed by atoms with Crippen molar-refractivity contribution in [3.8, 4) is 5.75 Å². The summed E-state index contributed by atoms with van der Waals surface area (Å²) in [7, 11) is 0. The van der Waals surface area contributed by atoms with E-state index in [1.54, 1.807) is 6.07 Å². The van der Waals surface area contributed by atoms with Crippen molar-refractivity contribution in [2.75, 3.05) is 19.7 Å². The van der Waals surface area contributed by atoms with Gasteiger partial charge in [-0.1, -0.05) is 46.9 Å². The van der Waals surface area contributed by atoms with Crippen LogP contribution >= 0.6 is 34.8 Å². The molecule has 0 aliphatic rings. The SMILES string of the molecule is O=C(COc1cc(Cl)c(Cl)cc1Cl)NCCNC(=O)Cc1cccc(F)c1. The van der Waals surface area contributed by atoms with E-state index < -0.39 is 11.7 Å². The molecular weight excluding hydrogens is 418 g/mol. The standard InChI is InChI=1S/C18H16Cl3FN2O3/c19-13-8-15(21)16(9-14(13)20)27-10-18(26)24-5-4-23-17(25)7-11-2-1-3-12(22)6-11/h1-3,6,8-9H,4-5,7,10H2,(H,23,25)(H,24,26). The first-order chi connectivity index (χ1) is 12.8. The normalized spacial score (nSPS) is 10.4. The van der Waals surface area contributed by atoms with Crippen molar-refractivity contribution in [3.05, 3.63) is 62.8 Å². The molecule has 2 N–H and O–H groups in total. The lowest BCUT2D eigenvalue weighted by Gasteiger charge is -2.10.